The first-order valence-electron chi connectivity index (χ1n) is 5.28. The quantitative estimate of drug-likeness (QED) is 0.740. The summed E-state index contributed by atoms with van der Waals surface area (Å²) in [6.45, 7) is 0.400. The normalized spacial score (nSPS) is 16.4. The molecule has 0 aromatic carbocycles. The lowest BCUT2D eigenvalue weighted by molar-refractivity contribution is 0.159. The number of carbonyl (C=O) groups is 1. The van der Waals surface area contributed by atoms with E-state index in [-0.39, 0.29) is 6.03 Å². The Morgan fingerprint density at radius 3 is 2.33 bits per heavy atom. The maximum atomic E-state index is 11.9. The zero-order chi connectivity index (χ0) is 11.4. The number of urea groups is 1. The molecule has 5 heteroatoms. The summed E-state index contributed by atoms with van der Waals surface area (Å²) < 4.78 is 0. The number of nitrogens with zero attached hydrogens (tertiary/aromatic N) is 2. The molecule has 0 heterocycles. The third-order valence-corrected chi connectivity index (χ3v) is 2.85. The van der Waals surface area contributed by atoms with Crippen LogP contribution in [0.3, 0.4) is 0 Å². The topological polar surface area (TPSA) is 49.6 Å². The van der Waals surface area contributed by atoms with Crippen LogP contribution in [0.1, 0.15) is 25.7 Å². The molecule has 0 unspecified atom stereocenters. The van der Waals surface area contributed by atoms with Crippen molar-refractivity contribution in [2.45, 2.75) is 31.7 Å². The predicted octanol–water partition coefficient (Wildman–Crippen LogP) is 1.20. The minimum atomic E-state index is 0.00898. The zero-order valence-corrected chi connectivity index (χ0v) is 10.2. The average Bonchev–Trinajstić information content (AvgIpc) is 2.65. The molecule has 1 rings (SSSR count). The summed E-state index contributed by atoms with van der Waals surface area (Å²) in [5.74, 6) is 0. The van der Waals surface area contributed by atoms with Crippen LogP contribution >= 0.6 is 12.2 Å². The van der Waals surface area contributed by atoms with Gasteiger partial charge in [-0.2, -0.15) is 0 Å². The van der Waals surface area contributed by atoms with E-state index in [1.54, 1.807) is 23.9 Å². The Kier molecular flexibility index (Phi) is 4.32. The molecule has 4 nitrogen and oxygen atoms in total. The lowest BCUT2D eigenvalue weighted by Crippen LogP contribution is -2.48. The first-order valence-corrected chi connectivity index (χ1v) is 5.69. The number of hydrogen-bond donors (Lipinski definition) is 1. The molecule has 0 aromatic rings. The van der Waals surface area contributed by atoms with E-state index in [9.17, 15) is 4.79 Å². The van der Waals surface area contributed by atoms with Gasteiger partial charge in [-0.1, -0.05) is 25.1 Å². The summed E-state index contributed by atoms with van der Waals surface area (Å²) in [6, 6.07) is 0.330. The molecule has 0 radical (unpaired) electrons. The van der Waals surface area contributed by atoms with Crippen LogP contribution in [0.5, 0.6) is 0 Å². The van der Waals surface area contributed by atoms with Crippen LogP contribution in [0.2, 0.25) is 0 Å². The van der Waals surface area contributed by atoms with Crippen LogP contribution in [-0.4, -0.2) is 47.5 Å². The van der Waals surface area contributed by atoms with E-state index in [2.05, 4.69) is 0 Å². The highest BCUT2D eigenvalue weighted by molar-refractivity contribution is 7.80. The highest BCUT2D eigenvalue weighted by Gasteiger charge is 2.27. The van der Waals surface area contributed by atoms with Gasteiger partial charge in [-0.25, -0.2) is 4.79 Å². The van der Waals surface area contributed by atoms with E-state index in [0.717, 1.165) is 12.8 Å². The molecule has 0 saturated heterocycles. The molecule has 1 fully saturated rings. The van der Waals surface area contributed by atoms with Crippen molar-refractivity contribution in [1.29, 1.82) is 0 Å². The molecule has 15 heavy (non-hydrogen) atoms. The Morgan fingerprint density at radius 2 is 1.93 bits per heavy atom. The predicted molar refractivity (Wildman–Crippen MR) is 64.8 cm³/mol. The van der Waals surface area contributed by atoms with Crippen molar-refractivity contribution in [2.75, 3.05) is 20.6 Å². The molecule has 0 spiro atoms. The lowest BCUT2D eigenvalue weighted by atomic mass is 10.2. The van der Waals surface area contributed by atoms with Gasteiger partial charge in [0, 0.05) is 20.1 Å². The number of amides is 2. The van der Waals surface area contributed by atoms with Gasteiger partial charge < -0.3 is 15.5 Å². The van der Waals surface area contributed by atoms with Gasteiger partial charge in [0.15, 0.2) is 0 Å². The standard InChI is InChI=1S/C10H19N3OS/c1-12(2)10(14)13(7-9(11)15)8-5-3-4-6-8/h8H,3-7H2,1-2H3,(H2,11,15). The summed E-state index contributed by atoms with van der Waals surface area (Å²) in [5.41, 5.74) is 5.52. The fraction of sp³-hybridized carbons (Fsp3) is 0.800. The molecule has 0 bridgehead atoms. The van der Waals surface area contributed by atoms with Crippen molar-refractivity contribution in [2.24, 2.45) is 5.73 Å². The fourth-order valence-electron chi connectivity index (χ4n) is 1.99. The third kappa shape index (κ3) is 3.34. The Balaban J connectivity index is 2.67. The SMILES string of the molecule is CN(C)C(=O)N(CC(N)=S)C1CCCC1. The largest absolute Gasteiger partial charge is 0.392 e. The number of rotatable bonds is 3. The van der Waals surface area contributed by atoms with Crippen molar-refractivity contribution >= 4 is 23.2 Å². The first-order chi connectivity index (χ1) is 7.02. The molecule has 0 aromatic heterocycles. The van der Waals surface area contributed by atoms with Crippen LogP contribution in [0.4, 0.5) is 4.79 Å². The Labute approximate surface area is 96.4 Å². The summed E-state index contributed by atoms with van der Waals surface area (Å²) in [6.07, 6.45) is 4.53. The van der Waals surface area contributed by atoms with Gasteiger partial charge in [-0.15, -0.1) is 0 Å². The minimum Gasteiger partial charge on any atom is -0.392 e. The second-order valence-electron chi connectivity index (χ2n) is 4.21. The molecule has 0 atom stereocenters. The molecule has 1 saturated carbocycles. The molecular formula is C10H19N3OS. The van der Waals surface area contributed by atoms with Crippen molar-refractivity contribution < 1.29 is 4.79 Å². The van der Waals surface area contributed by atoms with E-state index in [1.165, 1.54) is 12.8 Å². The summed E-state index contributed by atoms with van der Waals surface area (Å²) in [4.78, 5) is 15.7. The second-order valence-corrected chi connectivity index (χ2v) is 4.73. The minimum absolute atomic E-state index is 0.00898. The first kappa shape index (κ1) is 12.2. The van der Waals surface area contributed by atoms with Crippen molar-refractivity contribution in [3.05, 3.63) is 0 Å². The van der Waals surface area contributed by atoms with E-state index in [4.69, 9.17) is 18.0 Å². The Hall–Kier alpha value is -0.840. The van der Waals surface area contributed by atoms with Crippen LogP contribution in [0.25, 0.3) is 0 Å². The lowest BCUT2D eigenvalue weighted by Gasteiger charge is -2.31. The van der Waals surface area contributed by atoms with Crippen molar-refractivity contribution in [3.8, 4) is 0 Å². The second kappa shape index (κ2) is 5.30. The van der Waals surface area contributed by atoms with Crippen LogP contribution in [-0.2, 0) is 0 Å². The molecule has 1 aliphatic carbocycles. The molecule has 2 N–H and O–H groups in total. The highest BCUT2D eigenvalue weighted by atomic mass is 32.1. The summed E-state index contributed by atoms with van der Waals surface area (Å²) in [5, 5.41) is 0. The van der Waals surface area contributed by atoms with E-state index >= 15 is 0 Å². The number of carbonyl (C=O) groups excluding carboxylic acids is 1. The van der Waals surface area contributed by atoms with Gasteiger partial charge in [0.05, 0.1) is 11.5 Å². The Morgan fingerprint density at radius 1 is 1.40 bits per heavy atom. The number of hydrogen-bond acceptors (Lipinski definition) is 2. The fourth-order valence-corrected chi connectivity index (χ4v) is 2.13. The highest BCUT2D eigenvalue weighted by Crippen LogP contribution is 2.23. The monoisotopic (exact) mass is 229 g/mol. The number of nitrogens with two attached hydrogens (primary N) is 1. The van der Waals surface area contributed by atoms with Crippen LogP contribution in [0, 0.1) is 0 Å². The van der Waals surface area contributed by atoms with E-state index in [0.29, 0.717) is 17.6 Å². The summed E-state index contributed by atoms with van der Waals surface area (Å²) in [7, 11) is 3.51. The van der Waals surface area contributed by atoms with Crippen molar-refractivity contribution in [1.82, 2.24) is 9.80 Å². The van der Waals surface area contributed by atoms with Crippen LogP contribution < -0.4 is 5.73 Å². The van der Waals surface area contributed by atoms with Gasteiger partial charge in [-0.05, 0) is 12.8 Å². The molecule has 0 aliphatic heterocycles. The zero-order valence-electron chi connectivity index (χ0n) is 9.40. The maximum absolute atomic E-state index is 11.9. The van der Waals surface area contributed by atoms with Gasteiger partial charge in [-0.3, -0.25) is 0 Å². The smallest absolute Gasteiger partial charge is 0.320 e. The van der Waals surface area contributed by atoms with Gasteiger partial charge in [0.1, 0.15) is 0 Å². The number of thiocarbonyl (C=S) groups is 1. The maximum Gasteiger partial charge on any atom is 0.320 e. The van der Waals surface area contributed by atoms with E-state index in [1.807, 2.05) is 0 Å². The van der Waals surface area contributed by atoms with Crippen molar-refractivity contribution in [3.63, 3.8) is 0 Å². The molecule has 2 amide bonds. The molecule has 1 aliphatic rings. The molecule has 86 valence electrons. The summed E-state index contributed by atoms with van der Waals surface area (Å²) >= 11 is 4.88. The van der Waals surface area contributed by atoms with Gasteiger partial charge in [0.25, 0.3) is 0 Å². The van der Waals surface area contributed by atoms with E-state index < -0.39 is 0 Å². The van der Waals surface area contributed by atoms with Gasteiger partial charge >= 0.3 is 6.03 Å². The molecular weight excluding hydrogens is 210 g/mol. The Bertz CT molecular complexity index is 249. The van der Waals surface area contributed by atoms with Gasteiger partial charge in [0.2, 0.25) is 0 Å². The average molecular weight is 229 g/mol. The third-order valence-electron chi connectivity index (χ3n) is 2.72. The van der Waals surface area contributed by atoms with Crippen LogP contribution in [0.15, 0.2) is 0 Å².